The van der Waals surface area contributed by atoms with Crippen LogP contribution in [0.2, 0.25) is 0 Å². The van der Waals surface area contributed by atoms with Crippen LogP contribution in [-0.4, -0.2) is 55.0 Å². The lowest BCUT2D eigenvalue weighted by molar-refractivity contribution is -0.119. The second-order valence-corrected chi connectivity index (χ2v) is 3.18. The van der Waals surface area contributed by atoms with E-state index in [1.807, 2.05) is 4.90 Å². The molecule has 1 aliphatic heterocycles. The summed E-state index contributed by atoms with van der Waals surface area (Å²) in [6, 6.07) is 2.11. The molecule has 0 unspecified atom stereocenters. The van der Waals surface area contributed by atoms with Crippen molar-refractivity contribution in [2.45, 2.75) is 0 Å². The summed E-state index contributed by atoms with van der Waals surface area (Å²) in [5.74, 6) is -0.284. The Labute approximate surface area is 77.7 Å². The highest BCUT2D eigenvalue weighted by Gasteiger charge is 2.16. The zero-order valence-corrected chi connectivity index (χ0v) is 7.57. The maximum atomic E-state index is 10.6. The molecule has 5 nitrogen and oxygen atoms in total. The van der Waals surface area contributed by atoms with E-state index in [1.165, 1.54) is 0 Å². The second-order valence-electron chi connectivity index (χ2n) is 3.18. The molecular weight excluding hydrogens is 168 g/mol. The van der Waals surface area contributed by atoms with Crippen LogP contribution in [0.25, 0.3) is 0 Å². The molecule has 5 heteroatoms. The number of rotatable bonds is 3. The molecule has 0 aromatic heterocycles. The Hall–Kier alpha value is -1.12. The van der Waals surface area contributed by atoms with Gasteiger partial charge in [0.25, 0.3) is 0 Å². The van der Waals surface area contributed by atoms with Gasteiger partial charge in [0.2, 0.25) is 5.91 Å². The normalized spacial score (nSPS) is 19.6. The van der Waals surface area contributed by atoms with E-state index in [4.69, 9.17) is 11.0 Å². The van der Waals surface area contributed by atoms with Gasteiger partial charge in [-0.2, -0.15) is 5.26 Å². The first-order valence-electron chi connectivity index (χ1n) is 4.32. The molecule has 0 saturated carbocycles. The molecule has 13 heavy (non-hydrogen) atoms. The summed E-state index contributed by atoms with van der Waals surface area (Å²) < 4.78 is 0. The number of piperazine rings is 1. The fourth-order valence-corrected chi connectivity index (χ4v) is 1.43. The lowest BCUT2D eigenvalue weighted by Crippen LogP contribution is -2.48. The summed E-state index contributed by atoms with van der Waals surface area (Å²) in [7, 11) is 0. The molecule has 0 aromatic carbocycles. The topological polar surface area (TPSA) is 73.4 Å². The number of nitrogens with two attached hydrogens (primary N) is 1. The summed E-state index contributed by atoms with van der Waals surface area (Å²) in [6.07, 6.45) is 0. The summed E-state index contributed by atoms with van der Waals surface area (Å²) >= 11 is 0. The van der Waals surface area contributed by atoms with Crippen molar-refractivity contribution in [1.82, 2.24) is 9.80 Å². The number of hydrogen-bond acceptors (Lipinski definition) is 4. The van der Waals surface area contributed by atoms with Crippen molar-refractivity contribution in [2.75, 3.05) is 39.3 Å². The number of hydrogen-bond donors (Lipinski definition) is 1. The molecule has 0 aliphatic carbocycles. The highest BCUT2D eigenvalue weighted by Crippen LogP contribution is 1.99. The number of nitrogens with zero attached hydrogens (tertiary/aromatic N) is 3. The van der Waals surface area contributed by atoms with E-state index in [1.54, 1.807) is 0 Å². The van der Waals surface area contributed by atoms with Crippen molar-refractivity contribution >= 4 is 5.91 Å². The smallest absolute Gasteiger partial charge is 0.231 e. The monoisotopic (exact) mass is 182 g/mol. The quantitative estimate of drug-likeness (QED) is 0.545. The first kappa shape index (κ1) is 9.96. The average molecular weight is 182 g/mol. The molecule has 1 fully saturated rings. The molecule has 1 amide bonds. The van der Waals surface area contributed by atoms with Gasteiger partial charge in [0.1, 0.15) is 0 Å². The van der Waals surface area contributed by atoms with E-state index in [9.17, 15) is 4.79 Å². The fourth-order valence-electron chi connectivity index (χ4n) is 1.43. The van der Waals surface area contributed by atoms with E-state index in [2.05, 4.69) is 11.0 Å². The molecule has 0 spiro atoms. The van der Waals surface area contributed by atoms with Crippen LogP contribution < -0.4 is 5.73 Å². The van der Waals surface area contributed by atoms with E-state index < -0.39 is 0 Å². The predicted molar refractivity (Wildman–Crippen MR) is 47.7 cm³/mol. The molecule has 0 bridgehead atoms. The van der Waals surface area contributed by atoms with Crippen LogP contribution in [0.4, 0.5) is 0 Å². The molecule has 1 heterocycles. The Balaban J connectivity index is 2.23. The third kappa shape index (κ3) is 3.40. The number of primary amides is 1. The minimum absolute atomic E-state index is 0.284. The van der Waals surface area contributed by atoms with Gasteiger partial charge in [0.15, 0.2) is 0 Å². The third-order valence-electron chi connectivity index (χ3n) is 2.14. The van der Waals surface area contributed by atoms with Gasteiger partial charge in [-0.25, -0.2) is 0 Å². The standard InChI is InChI=1S/C8H14N4O/c9-1-2-11-3-5-12(6-4-11)7-8(10)13/h2-7H2,(H2,10,13). The lowest BCUT2D eigenvalue weighted by Gasteiger charge is -2.32. The van der Waals surface area contributed by atoms with Crippen LogP contribution in [0.15, 0.2) is 0 Å². The van der Waals surface area contributed by atoms with Gasteiger partial charge in [0, 0.05) is 26.2 Å². The number of amides is 1. The van der Waals surface area contributed by atoms with Crippen LogP contribution >= 0.6 is 0 Å². The van der Waals surface area contributed by atoms with Crippen molar-refractivity contribution in [3.63, 3.8) is 0 Å². The Morgan fingerprint density at radius 1 is 1.31 bits per heavy atom. The highest BCUT2D eigenvalue weighted by atomic mass is 16.1. The van der Waals surface area contributed by atoms with Crippen LogP contribution in [0.3, 0.4) is 0 Å². The van der Waals surface area contributed by atoms with E-state index >= 15 is 0 Å². The highest BCUT2D eigenvalue weighted by molar-refractivity contribution is 5.75. The zero-order chi connectivity index (χ0) is 9.68. The summed E-state index contributed by atoms with van der Waals surface area (Å²) in [5, 5.41) is 8.45. The molecule has 0 atom stereocenters. The van der Waals surface area contributed by atoms with Crippen LogP contribution in [0.5, 0.6) is 0 Å². The van der Waals surface area contributed by atoms with Crippen molar-refractivity contribution < 1.29 is 4.79 Å². The molecule has 1 saturated heterocycles. The molecule has 2 N–H and O–H groups in total. The van der Waals surface area contributed by atoms with Crippen molar-refractivity contribution in [3.05, 3.63) is 0 Å². The zero-order valence-electron chi connectivity index (χ0n) is 7.57. The van der Waals surface area contributed by atoms with E-state index in [0.717, 1.165) is 26.2 Å². The number of carbonyl (C=O) groups excluding carboxylic acids is 1. The predicted octanol–water partition coefficient (Wildman–Crippen LogP) is -1.39. The van der Waals surface area contributed by atoms with Gasteiger partial charge in [-0.05, 0) is 0 Å². The average Bonchev–Trinajstić information content (AvgIpc) is 2.08. The van der Waals surface area contributed by atoms with Crippen molar-refractivity contribution in [1.29, 1.82) is 5.26 Å². The Morgan fingerprint density at radius 2 is 1.85 bits per heavy atom. The van der Waals surface area contributed by atoms with Crippen LogP contribution in [0.1, 0.15) is 0 Å². The van der Waals surface area contributed by atoms with Gasteiger partial charge in [-0.15, -0.1) is 0 Å². The number of carbonyl (C=O) groups is 1. The summed E-state index contributed by atoms with van der Waals surface area (Å²) in [5.41, 5.74) is 5.07. The Morgan fingerprint density at radius 3 is 2.31 bits per heavy atom. The van der Waals surface area contributed by atoms with Crippen molar-refractivity contribution in [3.8, 4) is 6.07 Å². The van der Waals surface area contributed by atoms with Crippen LogP contribution in [-0.2, 0) is 4.79 Å². The SMILES string of the molecule is N#CCN1CCN(CC(N)=O)CC1. The van der Waals surface area contributed by atoms with Crippen molar-refractivity contribution in [2.24, 2.45) is 5.73 Å². The molecule has 0 aromatic rings. The lowest BCUT2D eigenvalue weighted by atomic mass is 10.3. The van der Waals surface area contributed by atoms with E-state index in [-0.39, 0.29) is 5.91 Å². The van der Waals surface area contributed by atoms with Gasteiger partial charge in [-0.3, -0.25) is 14.6 Å². The largest absolute Gasteiger partial charge is 0.369 e. The molecule has 1 aliphatic rings. The van der Waals surface area contributed by atoms with Gasteiger partial charge >= 0.3 is 0 Å². The Bertz CT molecular complexity index is 215. The van der Waals surface area contributed by atoms with Crippen LogP contribution in [0, 0.1) is 11.3 Å². The Kier molecular flexibility index (Phi) is 3.68. The minimum Gasteiger partial charge on any atom is -0.369 e. The number of nitriles is 1. The third-order valence-corrected chi connectivity index (χ3v) is 2.14. The summed E-state index contributed by atoms with van der Waals surface area (Å²) in [6.45, 7) is 4.15. The molecule has 72 valence electrons. The minimum atomic E-state index is -0.284. The van der Waals surface area contributed by atoms with Gasteiger partial charge < -0.3 is 5.73 Å². The maximum Gasteiger partial charge on any atom is 0.231 e. The fraction of sp³-hybridized carbons (Fsp3) is 0.750. The first-order chi connectivity index (χ1) is 6.22. The van der Waals surface area contributed by atoms with Gasteiger partial charge in [-0.1, -0.05) is 0 Å². The first-order valence-corrected chi connectivity index (χ1v) is 4.32. The van der Waals surface area contributed by atoms with Gasteiger partial charge in [0.05, 0.1) is 19.2 Å². The molecular formula is C8H14N4O. The maximum absolute atomic E-state index is 10.6. The molecule has 0 radical (unpaired) electrons. The second kappa shape index (κ2) is 4.80. The summed E-state index contributed by atoms with van der Waals surface area (Å²) in [4.78, 5) is 14.7. The molecule has 1 rings (SSSR count). The van der Waals surface area contributed by atoms with E-state index in [0.29, 0.717) is 13.1 Å².